The number of nitrogens with zero attached hydrogens (tertiary/aromatic N) is 1. The fraction of sp³-hybridized carbons (Fsp3) is 0.333. The third-order valence-electron chi connectivity index (χ3n) is 1.18. The lowest BCUT2D eigenvalue weighted by Gasteiger charge is -2.02. The Morgan fingerprint density at radius 1 is 1.80 bits per heavy atom. The van der Waals surface area contributed by atoms with Gasteiger partial charge >= 0.3 is 0 Å². The quantitative estimate of drug-likeness (QED) is 0.570. The monoisotopic (exact) mass is 142 g/mol. The summed E-state index contributed by atoms with van der Waals surface area (Å²) < 4.78 is 12.3. The van der Waals surface area contributed by atoms with Crippen LogP contribution in [0, 0.1) is 0 Å². The van der Waals surface area contributed by atoms with Gasteiger partial charge in [-0.25, -0.2) is 4.99 Å². The molecular weight excluding hydrogens is 135 g/mol. The van der Waals surface area contributed by atoms with Gasteiger partial charge in [0.2, 0.25) is 0 Å². The maximum absolute atomic E-state index is 12.3. The summed E-state index contributed by atoms with van der Waals surface area (Å²) in [6.07, 6.45) is 2.32. The Morgan fingerprint density at radius 2 is 2.50 bits per heavy atom. The van der Waals surface area contributed by atoms with Crippen molar-refractivity contribution in [1.29, 1.82) is 0 Å². The maximum atomic E-state index is 12.3. The van der Waals surface area contributed by atoms with Crippen LogP contribution in [-0.4, -0.2) is 11.9 Å². The van der Waals surface area contributed by atoms with Crippen LogP contribution in [0.2, 0.25) is 0 Å². The number of rotatable bonds is 1. The molecule has 4 heteroatoms. The lowest BCUT2D eigenvalue weighted by Crippen LogP contribution is -2.15. The van der Waals surface area contributed by atoms with E-state index in [4.69, 9.17) is 5.73 Å². The maximum Gasteiger partial charge on any atom is 0.267 e. The molecule has 0 saturated carbocycles. The Bertz CT molecular complexity index is 220. The predicted octanol–water partition coefficient (Wildman–Crippen LogP) is 0.517. The second-order valence-electron chi connectivity index (χ2n) is 1.98. The van der Waals surface area contributed by atoms with Crippen molar-refractivity contribution in [2.75, 3.05) is 0 Å². The molecule has 0 unspecified atom stereocenters. The largest absolute Gasteiger partial charge is 0.364 e. The molecule has 0 spiro atoms. The van der Waals surface area contributed by atoms with E-state index in [1.165, 1.54) is 6.08 Å². The summed E-state index contributed by atoms with van der Waals surface area (Å²) in [4.78, 5) is 13.7. The summed E-state index contributed by atoms with van der Waals surface area (Å²) in [5.74, 6) is -1.19. The number of carbonyl (C=O) groups excluding carboxylic acids is 1. The molecule has 3 nitrogen and oxygen atoms in total. The minimum absolute atomic E-state index is 0.0313. The lowest BCUT2D eigenvalue weighted by molar-refractivity contribution is -0.114. The lowest BCUT2D eigenvalue weighted by atomic mass is 10.2. The summed E-state index contributed by atoms with van der Waals surface area (Å²) in [6.45, 7) is 0. The van der Waals surface area contributed by atoms with Gasteiger partial charge < -0.3 is 5.73 Å². The first-order valence-corrected chi connectivity index (χ1v) is 2.93. The van der Waals surface area contributed by atoms with E-state index in [0.717, 1.165) is 0 Å². The molecular formula is C6H7FN2O. The summed E-state index contributed by atoms with van der Waals surface area (Å²) in [7, 11) is 0. The molecule has 0 atom stereocenters. The van der Waals surface area contributed by atoms with E-state index in [1.54, 1.807) is 0 Å². The van der Waals surface area contributed by atoms with E-state index in [0.29, 0.717) is 6.42 Å². The average molecular weight is 142 g/mol. The SMILES string of the molecule is NC(=O)C1=CCCC(F)=N1. The first kappa shape index (κ1) is 6.92. The zero-order chi connectivity index (χ0) is 7.56. The van der Waals surface area contributed by atoms with Crippen molar-refractivity contribution in [3.63, 3.8) is 0 Å². The first-order chi connectivity index (χ1) is 4.70. The van der Waals surface area contributed by atoms with E-state index < -0.39 is 11.9 Å². The molecule has 0 aromatic rings. The molecule has 54 valence electrons. The molecule has 1 aliphatic rings. The predicted molar refractivity (Wildman–Crippen MR) is 35.1 cm³/mol. The molecule has 0 radical (unpaired) electrons. The van der Waals surface area contributed by atoms with Crippen LogP contribution in [0.4, 0.5) is 4.39 Å². The minimum atomic E-state index is -0.671. The highest BCUT2D eigenvalue weighted by Gasteiger charge is 2.09. The van der Waals surface area contributed by atoms with E-state index in [-0.39, 0.29) is 12.1 Å². The molecule has 10 heavy (non-hydrogen) atoms. The fourth-order valence-corrected chi connectivity index (χ4v) is 0.716. The van der Waals surface area contributed by atoms with Gasteiger partial charge in [0.25, 0.3) is 5.91 Å². The van der Waals surface area contributed by atoms with E-state index in [2.05, 4.69) is 4.99 Å². The van der Waals surface area contributed by atoms with Crippen molar-refractivity contribution in [1.82, 2.24) is 0 Å². The van der Waals surface area contributed by atoms with Crippen molar-refractivity contribution in [3.8, 4) is 0 Å². The molecule has 0 aliphatic carbocycles. The van der Waals surface area contributed by atoms with E-state index >= 15 is 0 Å². The third-order valence-corrected chi connectivity index (χ3v) is 1.18. The number of halogens is 1. The molecule has 1 aliphatic heterocycles. The highest BCUT2D eigenvalue weighted by Crippen LogP contribution is 2.10. The molecule has 0 bridgehead atoms. The van der Waals surface area contributed by atoms with Crippen LogP contribution in [0.3, 0.4) is 0 Å². The normalized spacial score (nSPS) is 17.7. The van der Waals surface area contributed by atoms with Gasteiger partial charge in [-0.05, 0) is 6.42 Å². The van der Waals surface area contributed by atoms with Crippen LogP contribution in [-0.2, 0) is 4.79 Å². The molecule has 0 aromatic heterocycles. The zero-order valence-corrected chi connectivity index (χ0v) is 5.30. The van der Waals surface area contributed by atoms with Crippen molar-refractivity contribution in [3.05, 3.63) is 11.8 Å². The number of allylic oxidation sites excluding steroid dienone is 1. The second kappa shape index (κ2) is 2.60. The van der Waals surface area contributed by atoms with Crippen molar-refractivity contribution in [2.45, 2.75) is 12.8 Å². The van der Waals surface area contributed by atoms with Gasteiger partial charge in [0.1, 0.15) is 5.70 Å². The standard InChI is InChI=1S/C6H7FN2O/c7-5-3-1-2-4(9-5)6(8)10/h2H,1,3H2,(H2,8,10). The van der Waals surface area contributed by atoms with Gasteiger partial charge in [-0.1, -0.05) is 6.08 Å². The molecule has 0 saturated heterocycles. The molecule has 0 fully saturated rings. The Balaban J connectivity index is 2.79. The number of carbonyl (C=O) groups is 1. The first-order valence-electron chi connectivity index (χ1n) is 2.93. The highest BCUT2D eigenvalue weighted by atomic mass is 19.1. The van der Waals surface area contributed by atoms with Gasteiger partial charge in [-0.3, -0.25) is 4.79 Å². The molecule has 1 rings (SSSR count). The second-order valence-corrected chi connectivity index (χ2v) is 1.98. The van der Waals surface area contributed by atoms with Crippen molar-refractivity contribution < 1.29 is 9.18 Å². The molecule has 1 heterocycles. The number of amides is 1. The molecule has 1 amide bonds. The van der Waals surface area contributed by atoms with E-state index in [1.807, 2.05) is 0 Å². The Kier molecular flexibility index (Phi) is 1.80. The molecule has 0 aromatic carbocycles. The Morgan fingerprint density at radius 3 is 2.90 bits per heavy atom. The van der Waals surface area contributed by atoms with E-state index in [9.17, 15) is 9.18 Å². The van der Waals surface area contributed by atoms with Gasteiger partial charge in [-0.15, -0.1) is 0 Å². The summed E-state index contributed by atoms with van der Waals surface area (Å²) in [5.41, 5.74) is 4.88. The van der Waals surface area contributed by atoms with Crippen LogP contribution in [0.1, 0.15) is 12.8 Å². The summed E-state index contributed by atoms with van der Waals surface area (Å²) in [5, 5.41) is 0. The van der Waals surface area contributed by atoms with Crippen molar-refractivity contribution >= 4 is 11.9 Å². The van der Waals surface area contributed by atoms with Crippen LogP contribution in [0.25, 0.3) is 0 Å². The van der Waals surface area contributed by atoms with Crippen LogP contribution < -0.4 is 5.73 Å². The summed E-state index contributed by atoms with van der Waals surface area (Å²) >= 11 is 0. The number of hydrogen-bond donors (Lipinski definition) is 1. The topological polar surface area (TPSA) is 55.5 Å². The zero-order valence-electron chi connectivity index (χ0n) is 5.30. The third kappa shape index (κ3) is 1.40. The molecule has 2 N–H and O–H groups in total. The van der Waals surface area contributed by atoms with Gasteiger partial charge in [0.05, 0.1) is 0 Å². The number of nitrogens with two attached hydrogens (primary N) is 1. The van der Waals surface area contributed by atoms with Crippen LogP contribution >= 0.6 is 0 Å². The fourth-order valence-electron chi connectivity index (χ4n) is 0.716. The van der Waals surface area contributed by atoms with Gasteiger partial charge in [-0.2, -0.15) is 4.39 Å². The van der Waals surface area contributed by atoms with Gasteiger partial charge in [0.15, 0.2) is 5.97 Å². The Hall–Kier alpha value is -1.19. The number of hydrogen-bond acceptors (Lipinski definition) is 2. The number of aliphatic imine (C=N–C) groups is 1. The number of primary amides is 1. The smallest absolute Gasteiger partial charge is 0.267 e. The van der Waals surface area contributed by atoms with Crippen molar-refractivity contribution in [2.24, 2.45) is 10.7 Å². The summed E-state index contributed by atoms with van der Waals surface area (Å²) in [6, 6.07) is 0. The Labute approximate surface area is 57.4 Å². The highest BCUT2D eigenvalue weighted by molar-refractivity contribution is 5.95. The minimum Gasteiger partial charge on any atom is -0.364 e. The average Bonchev–Trinajstić information content (AvgIpc) is 1.88. The van der Waals surface area contributed by atoms with Gasteiger partial charge in [0, 0.05) is 6.42 Å². The van der Waals surface area contributed by atoms with Crippen LogP contribution in [0.5, 0.6) is 0 Å². The van der Waals surface area contributed by atoms with Crippen LogP contribution in [0.15, 0.2) is 16.8 Å².